The van der Waals surface area contributed by atoms with Crippen LogP contribution in [0.4, 0.5) is 0 Å². The topological polar surface area (TPSA) is 26.3 Å². The molecule has 1 aromatic rings. The second-order valence-electron chi connectivity index (χ2n) is 3.06. The minimum absolute atomic E-state index is 0.307. The van der Waals surface area contributed by atoms with Gasteiger partial charge in [0, 0.05) is 6.08 Å². The van der Waals surface area contributed by atoms with Gasteiger partial charge in [-0.15, -0.1) is 0 Å². The molecule has 14 heavy (non-hydrogen) atoms. The van der Waals surface area contributed by atoms with E-state index in [2.05, 4.69) is 23.8 Å². The van der Waals surface area contributed by atoms with E-state index in [4.69, 9.17) is 0 Å². The number of aryl methyl sites for hydroxylation is 1. The summed E-state index contributed by atoms with van der Waals surface area (Å²) in [6.45, 7) is 2.06. The largest absolute Gasteiger partial charge is 0.466 e. The van der Waals surface area contributed by atoms with Crippen LogP contribution < -0.4 is 0 Å². The zero-order chi connectivity index (χ0) is 10.4. The lowest BCUT2D eigenvalue weighted by atomic mass is 10.1. The zero-order valence-electron chi connectivity index (χ0n) is 8.49. The van der Waals surface area contributed by atoms with Crippen molar-refractivity contribution in [1.29, 1.82) is 0 Å². The lowest BCUT2D eigenvalue weighted by molar-refractivity contribution is -0.134. The summed E-state index contributed by atoms with van der Waals surface area (Å²) < 4.78 is 4.49. The first kappa shape index (κ1) is 10.5. The van der Waals surface area contributed by atoms with Crippen molar-refractivity contribution in [3.8, 4) is 0 Å². The average molecular weight is 190 g/mol. The van der Waals surface area contributed by atoms with Gasteiger partial charge in [-0.05, 0) is 24.5 Å². The van der Waals surface area contributed by atoms with E-state index in [9.17, 15) is 4.79 Å². The van der Waals surface area contributed by atoms with Gasteiger partial charge in [-0.3, -0.25) is 0 Å². The molecule has 0 N–H and O–H groups in total. The van der Waals surface area contributed by atoms with Gasteiger partial charge in [-0.2, -0.15) is 0 Å². The highest BCUT2D eigenvalue weighted by Gasteiger charge is 1.94. The summed E-state index contributed by atoms with van der Waals surface area (Å²) >= 11 is 0. The maximum Gasteiger partial charge on any atom is 0.330 e. The summed E-state index contributed by atoms with van der Waals surface area (Å²) in [6.07, 6.45) is 4.03. The van der Waals surface area contributed by atoms with Gasteiger partial charge in [-0.1, -0.05) is 30.3 Å². The molecule has 0 bridgehead atoms. The van der Waals surface area contributed by atoms with E-state index in [0.29, 0.717) is 0 Å². The summed E-state index contributed by atoms with van der Waals surface area (Å²) in [5.41, 5.74) is 2.47. The normalized spacial score (nSPS) is 10.4. The third kappa shape index (κ3) is 3.05. The smallest absolute Gasteiger partial charge is 0.330 e. The molecule has 0 radical (unpaired) electrons. The van der Waals surface area contributed by atoms with Crippen LogP contribution in [0, 0.1) is 6.92 Å². The minimum atomic E-state index is -0.307. The molecule has 1 rings (SSSR count). The SMILES string of the molecule is COC(=O)C=CCc1ccccc1C. The number of benzene rings is 1. The highest BCUT2D eigenvalue weighted by atomic mass is 16.5. The number of hydrogen-bond donors (Lipinski definition) is 0. The van der Waals surface area contributed by atoms with Crippen molar-refractivity contribution in [1.82, 2.24) is 0 Å². The van der Waals surface area contributed by atoms with Gasteiger partial charge in [0.15, 0.2) is 0 Å². The molecule has 2 nitrogen and oxygen atoms in total. The molecule has 0 atom stereocenters. The first-order valence-electron chi connectivity index (χ1n) is 4.53. The third-order valence-corrected chi connectivity index (χ3v) is 2.05. The lowest BCUT2D eigenvalue weighted by Gasteiger charge is -2.00. The highest BCUT2D eigenvalue weighted by Crippen LogP contribution is 2.07. The third-order valence-electron chi connectivity index (χ3n) is 2.05. The number of rotatable bonds is 3. The number of carbonyl (C=O) groups excluding carboxylic acids is 1. The molecule has 0 aliphatic heterocycles. The Morgan fingerprint density at radius 2 is 2.14 bits per heavy atom. The zero-order valence-corrected chi connectivity index (χ0v) is 8.49. The quantitative estimate of drug-likeness (QED) is 0.540. The van der Waals surface area contributed by atoms with Crippen molar-refractivity contribution in [2.45, 2.75) is 13.3 Å². The predicted octanol–water partition coefficient (Wildman–Crippen LogP) is 2.27. The number of allylic oxidation sites excluding steroid dienone is 1. The first-order chi connectivity index (χ1) is 6.74. The Labute approximate surface area is 84.2 Å². The Bertz CT molecular complexity index is 340. The molecule has 74 valence electrons. The van der Waals surface area contributed by atoms with E-state index in [-0.39, 0.29) is 5.97 Å². The fourth-order valence-corrected chi connectivity index (χ4v) is 1.19. The highest BCUT2D eigenvalue weighted by molar-refractivity contribution is 5.81. The maximum atomic E-state index is 10.8. The molecule has 0 fully saturated rings. The van der Waals surface area contributed by atoms with E-state index in [1.54, 1.807) is 0 Å². The molecule has 0 unspecified atom stereocenters. The van der Waals surface area contributed by atoms with E-state index >= 15 is 0 Å². The van der Waals surface area contributed by atoms with E-state index in [0.717, 1.165) is 6.42 Å². The number of esters is 1. The fraction of sp³-hybridized carbons (Fsp3) is 0.250. The maximum absolute atomic E-state index is 10.8. The molecular formula is C12H14O2. The van der Waals surface area contributed by atoms with Gasteiger partial charge < -0.3 is 4.74 Å². The van der Waals surface area contributed by atoms with Crippen LogP contribution in [0.5, 0.6) is 0 Å². The van der Waals surface area contributed by atoms with Crippen LogP contribution in [0.15, 0.2) is 36.4 Å². The molecule has 0 aliphatic carbocycles. The van der Waals surface area contributed by atoms with Gasteiger partial charge in [0.05, 0.1) is 7.11 Å². The van der Waals surface area contributed by atoms with Crippen LogP contribution in [0.2, 0.25) is 0 Å². The molecule has 0 aromatic heterocycles. The summed E-state index contributed by atoms with van der Waals surface area (Å²) in [6, 6.07) is 8.11. The van der Waals surface area contributed by atoms with Crippen LogP contribution in [0.1, 0.15) is 11.1 Å². The summed E-state index contributed by atoms with van der Waals surface area (Å²) in [4.78, 5) is 10.8. The Morgan fingerprint density at radius 1 is 1.43 bits per heavy atom. The molecule has 0 saturated heterocycles. The minimum Gasteiger partial charge on any atom is -0.466 e. The van der Waals surface area contributed by atoms with Crippen LogP contribution in [-0.2, 0) is 16.0 Å². The molecule has 0 heterocycles. The Hall–Kier alpha value is -1.57. The Morgan fingerprint density at radius 3 is 2.79 bits per heavy atom. The van der Waals surface area contributed by atoms with E-state index in [1.165, 1.54) is 24.3 Å². The second-order valence-corrected chi connectivity index (χ2v) is 3.06. The molecule has 0 saturated carbocycles. The van der Waals surface area contributed by atoms with Crippen molar-refractivity contribution in [2.24, 2.45) is 0 Å². The Balaban J connectivity index is 2.58. The molecule has 0 aliphatic rings. The van der Waals surface area contributed by atoms with Crippen LogP contribution in [0.25, 0.3) is 0 Å². The van der Waals surface area contributed by atoms with Crippen LogP contribution in [-0.4, -0.2) is 13.1 Å². The number of carbonyl (C=O) groups is 1. The standard InChI is InChI=1S/C12H14O2/c1-10-6-3-4-7-11(10)8-5-9-12(13)14-2/h3-7,9H,8H2,1-2H3. The van der Waals surface area contributed by atoms with Crippen LogP contribution in [0.3, 0.4) is 0 Å². The van der Waals surface area contributed by atoms with Crippen molar-refractivity contribution in [3.63, 3.8) is 0 Å². The van der Waals surface area contributed by atoms with Gasteiger partial charge in [-0.25, -0.2) is 4.79 Å². The van der Waals surface area contributed by atoms with Gasteiger partial charge in [0.25, 0.3) is 0 Å². The Kier molecular flexibility index (Phi) is 3.92. The fourth-order valence-electron chi connectivity index (χ4n) is 1.19. The summed E-state index contributed by atoms with van der Waals surface area (Å²) in [7, 11) is 1.38. The second kappa shape index (κ2) is 5.22. The van der Waals surface area contributed by atoms with Gasteiger partial charge in [0.1, 0.15) is 0 Å². The monoisotopic (exact) mass is 190 g/mol. The van der Waals surface area contributed by atoms with E-state index in [1.807, 2.05) is 18.2 Å². The van der Waals surface area contributed by atoms with Crippen molar-refractivity contribution < 1.29 is 9.53 Å². The number of methoxy groups -OCH3 is 1. The molecular weight excluding hydrogens is 176 g/mol. The molecule has 2 heteroatoms. The predicted molar refractivity (Wildman–Crippen MR) is 56.0 cm³/mol. The van der Waals surface area contributed by atoms with Crippen molar-refractivity contribution >= 4 is 5.97 Å². The summed E-state index contributed by atoms with van der Waals surface area (Å²) in [5.74, 6) is -0.307. The van der Waals surface area contributed by atoms with Gasteiger partial charge >= 0.3 is 5.97 Å². The average Bonchev–Trinajstić information content (AvgIpc) is 2.20. The lowest BCUT2D eigenvalue weighted by Crippen LogP contribution is -1.94. The van der Waals surface area contributed by atoms with Crippen molar-refractivity contribution in [3.05, 3.63) is 47.5 Å². The van der Waals surface area contributed by atoms with E-state index < -0.39 is 0 Å². The molecule has 0 amide bonds. The van der Waals surface area contributed by atoms with Crippen LogP contribution >= 0.6 is 0 Å². The first-order valence-corrected chi connectivity index (χ1v) is 4.53. The van der Waals surface area contributed by atoms with Gasteiger partial charge in [0.2, 0.25) is 0 Å². The summed E-state index contributed by atoms with van der Waals surface area (Å²) in [5, 5.41) is 0. The molecule has 0 spiro atoms. The number of ether oxygens (including phenoxy) is 1. The molecule has 1 aromatic carbocycles. The number of hydrogen-bond acceptors (Lipinski definition) is 2. The van der Waals surface area contributed by atoms with Crippen molar-refractivity contribution in [2.75, 3.05) is 7.11 Å².